The monoisotopic (exact) mass is 630 g/mol. The Bertz CT molecular complexity index is 1540. The molecule has 3 amide bonds. The molecule has 4 aliphatic rings. The summed E-state index contributed by atoms with van der Waals surface area (Å²) >= 11 is 0. The number of alkyl carbamates (subject to hydrolysis) is 1. The quantitative estimate of drug-likeness (QED) is 0.248. The highest BCUT2D eigenvalue weighted by Gasteiger charge is 2.58. The summed E-state index contributed by atoms with van der Waals surface area (Å²) in [6.07, 6.45) is 8.29. The van der Waals surface area contributed by atoms with E-state index in [2.05, 4.69) is 55.2 Å². The number of fused-ring (bicyclic) bond motifs is 6. The molecule has 0 saturated heterocycles. The number of nitrogens with one attached hydrogen (secondary N) is 2. The highest BCUT2D eigenvalue weighted by molar-refractivity contribution is 6.00. The molecule has 0 heterocycles. The van der Waals surface area contributed by atoms with Crippen LogP contribution in [0.15, 0.2) is 36.4 Å². The van der Waals surface area contributed by atoms with Gasteiger partial charge < -0.3 is 19.9 Å². The number of amides is 3. The molecule has 0 aliphatic heterocycles. The molecular formula is C38H50N2O6. The van der Waals surface area contributed by atoms with Gasteiger partial charge >= 0.3 is 6.09 Å². The first-order chi connectivity index (χ1) is 21.8. The first kappa shape index (κ1) is 32.4. The number of imide groups is 1. The molecule has 0 bridgehead atoms. The summed E-state index contributed by atoms with van der Waals surface area (Å²) in [6.45, 7) is 9.34. The zero-order valence-corrected chi connectivity index (χ0v) is 28.1. The van der Waals surface area contributed by atoms with Crippen molar-refractivity contribution in [1.82, 2.24) is 10.6 Å². The summed E-state index contributed by atoms with van der Waals surface area (Å²) in [5.41, 5.74) is 3.13. The predicted octanol–water partition coefficient (Wildman–Crippen LogP) is 6.49. The summed E-state index contributed by atoms with van der Waals surface area (Å²) in [5.74, 6) is 0.903. The molecule has 2 aromatic rings. The van der Waals surface area contributed by atoms with E-state index < -0.39 is 16.9 Å². The van der Waals surface area contributed by atoms with Crippen LogP contribution in [0.2, 0.25) is 0 Å². The fraction of sp³-hybridized carbons (Fsp3) is 0.605. The normalized spacial score (nSPS) is 32.9. The Hall–Kier alpha value is -3.55. The third-order valence-electron chi connectivity index (χ3n) is 12.8. The third-order valence-corrected chi connectivity index (χ3v) is 12.8. The second kappa shape index (κ2) is 11.9. The van der Waals surface area contributed by atoms with Gasteiger partial charge in [-0.2, -0.15) is 0 Å². The summed E-state index contributed by atoms with van der Waals surface area (Å²) < 4.78 is 10.6. The third kappa shape index (κ3) is 5.26. The first-order valence-electron chi connectivity index (χ1n) is 17.1. The van der Waals surface area contributed by atoms with Gasteiger partial charge in [0.2, 0.25) is 11.8 Å². The Morgan fingerprint density at radius 2 is 1.35 bits per heavy atom. The number of ether oxygens (including phenoxy) is 2. The molecule has 8 nitrogen and oxygen atoms in total. The lowest BCUT2D eigenvalue weighted by molar-refractivity contribution is -0.150. The van der Waals surface area contributed by atoms with Gasteiger partial charge in [0.1, 0.15) is 18.1 Å². The first-order valence-corrected chi connectivity index (χ1v) is 17.1. The molecule has 6 atom stereocenters. The molecular weight excluding hydrogens is 580 g/mol. The second-order valence-electron chi connectivity index (χ2n) is 15.3. The van der Waals surface area contributed by atoms with Gasteiger partial charge in [-0.1, -0.05) is 52.7 Å². The van der Waals surface area contributed by atoms with Gasteiger partial charge in [-0.25, -0.2) is 4.79 Å². The molecule has 2 aromatic carbocycles. The van der Waals surface area contributed by atoms with Crippen LogP contribution in [0.1, 0.15) is 101 Å². The van der Waals surface area contributed by atoms with Gasteiger partial charge in [0, 0.05) is 0 Å². The molecule has 4 aliphatic carbocycles. The van der Waals surface area contributed by atoms with Gasteiger partial charge in [0.15, 0.2) is 0 Å². The average molecular weight is 631 g/mol. The summed E-state index contributed by atoms with van der Waals surface area (Å²) in [6, 6.07) is 11.9. The Labute approximate surface area is 273 Å². The molecule has 6 rings (SSSR count). The van der Waals surface area contributed by atoms with Crippen molar-refractivity contribution in [3.63, 3.8) is 0 Å². The standard InChI is InChI=1S/C38H50N2O6/c1-35-16-6-18-37(3,30(35)14-10-24-8-12-26(41)22-28(24)35)32(42)40-33(43)38(4)19-7-17-36(2)29-23-27(46-21-20-39-34(44)45-5)13-9-25(29)11-15-31(36)38/h8-9,12-13,22-23,30-31,41H,6-7,10-11,14-21H2,1-5H3,(H,39,44)(H,40,42,43)/t30-,31-,35-,36-,37+,38+/m1/s1. The number of aromatic hydroxyl groups is 1. The van der Waals surface area contributed by atoms with Crippen LogP contribution >= 0.6 is 0 Å². The minimum Gasteiger partial charge on any atom is -0.508 e. The number of hydrogen-bond acceptors (Lipinski definition) is 6. The maximum Gasteiger partial charge on any atom is 0.406 e. The summed E-state index contributed by atoms with van der Waals surface area (Å²) in [7, 11) is 1.33. The van der Waals surface area contributed by atoms with Crippen LogP contribution in [-0.4, -0.2) is 43.3 Å². The fourth-order valence-electron chi connectivity index (χ4n) is 10.3. The lowest BCUT2D eigenvalue weighted by atomic mass is 9.49. The Balaban J connectivity index is 1.21. The minimum absolute atomic E-state index is 0.0826. The van der Waals surface area contributed by atoms with E-state index in [0.29, 0.717) is 13.2 Å². The van der Waals surface area contributed by atoms with E-state index in [-0.39, 0.29) is 40.2 Å². The Kier molecular flexibility index (Phi) is 8.39. The van der Waals surface area contributed by atoms with Crippen molar-refractivity contribution in [2.75, 3.05) is 20.3 Å². The van der Waals surface area contributed by atoms with E-state index in [1.165, 1.54) is 23.8 Å². The second-order valence-corrected chi connectivity index (χ2v) is 15.3. The minimum atomic E-state index is -0.680. The van der Waals surface area contributed by atoms with Crippen molar-refractivity contribution < 1.29 is 29.0 Å². The van der Waals surface area contributed by atoms with Crippen molar-refractivity contribution in [3.8, 4) is 11.5 Å². The number of rotatable bonds is 6. The molecule has 2 fully saturated rings. The van der Waals surface area contributed by atoms with E-state index in [1.807, 2.05) is 18.2 Å². The van der Waals surface area contributed by atoms with Crippen LogP contribution < -0.4 is 15.4 Å². The van der Waals surface area contributed by atoms with E-state index in [1.54, 1.807) is 6.07 Å². The maximum atomic E-state index is 14.4. The summed E-state index contributed by atoms with van der Waals surface area (Å²) in [4.78, 5) is 40.1. The number of carbonyl (C=O) groups is 3. The molecule has 0 aromatic heterocycles. The molecule has 0 radical (unpaired) electrons. The van der Waals surface area contributed by atoms with Crippen molar-refractivity contribution in [2.24, 2.45) is 22.7 Å². The highest BCUT2D eigenvalue weighted by Crippen LogP contribution is 2.59. The van der Waals surface area contributed by atoms with Crippen molar-refractivity contribution >= 4 is 17.9 Å². The molecule has 248 valence electrons. The largest absolute Gasteiger partial charge is 0.508 e. The SMILES string of the molecule is COC(=O)NCCOc1ccc2c(c1)[C@@]1(C)CCC[C@](C)(C(=O)NC(=O)[C@@]3(C)CCC[C@]4(C)c5cc(O)ccc5CC[C@@H]34)[C@@H]1CC2. The van der Waals surface area contributed by atoms with E-state index in [0.717, 1.165) is 75.5 Å². The average Bonchev–Trinajstić information content (AvgIpc) is 3.03. The Morgan fingerprint density at radius 3 is 1.91 bits per heavy atom. The van der Waals surface area contributed by atoms with E-state index in [9.17, 15) is 19.5 Å². The zero-order chi connectivity index (χ0) is 32.9. The summed E-state index contributed by atoms with van der Waals surface area (Å²) in [5, 5.41) is 16.0. The van der Waals surface area contributed by atoms with Crippen molar-refractivity contribution in [3.05, 3.63) is 58.7 Å². The van der Waals surface area contributed by atoms with Crippen LogP contribution in [0.3, 0.4) is 0 Å². The predicted molar refractivity (Wildman–Crippen MR) is 176 cm³/mol. The van der Waals surface area contributed by atoms with Crippen LogP contribution in [0.5, 0.6) is 11.5 Å². The van der Waals surface area contributed by atoms with Gasteiger partial charge in [-0.05, 0) is 121 Å². The number of hydrogen-bond donors (Lipinski definition) is 3. The van der Waals surface area contributed by atoms with E-state index in [4.69, 9.17) is 4.74 Å². The number of benzene rings is 2. The number of aryl methyl sites for hydroxylation is 2. The number of methoxy groups -OCH3 is 1. The van der Waals surface area contributed by atoms with Crippen LogP contribution in [-0.2, 0) is 38.0 Å². The number of carbonyl (C=O) groups excluding carboxylic acids is 3. The van der Waals surface area contributed by atoms with Crippen molar-refractivity contribution in [1.29, 1.82) is 0 Å². The molecule has 46 heavy (non-hydrogen) atoms. The fourth-order valence-corrected chi connectivity index (χ4v) is 10.3. The number of phenols is 1. The lowest BCUT2D eigenvalue weighted by Crippen LogP contribution is -2.60. The number of phenolic OH excluding ortho intramolecular Hbond substituents is 1. The molecule has 0 spiro atoms. The molecule has 8 heteroatoms. The van der Waals surface area contributed by atoms with Gasteiger partial charge in [-0.15, -0.1) is 0 Å². The maximum absolute atomic E-state index is 14.4. The van der Waals surface area contributed by atoms with Gasteiger partial charge in [0.05, 0.1) is 24.5 Å². The van der Waals surface area contributed by atoms with E-state index >= 15 is 0 Å². The topological polar surface area (TPSA) is 114 Å². The molecule has 0 unspecified atom stereocenters. The van der Waals surface area contributed by atoms with Crippen molar-refractivity contribution in [2.45, 2.75) is 103 Å². The van der Waals surface area contributed by atoms with Crippen LogP contribution in [0.25, 0.3) is 0 Å². The van der Waals surface area contributed by atoms with Gasteiger partial charge in [-0.3, -0.25) is 14.9 Å². The smallest absolute Gasteiger partial charge is 0.406 e. The zero-order valence-electron chi connectivity index (χ0n) is 28.1. The lowest BCUT2D eigenvalue weighted by Gasteiger charge is -2.56. The van der Waals surface area contributed by atoms with Crippen LogP contribution in [0.4, 0.5) is 4.79 Å². The Morgan fingerprint density at radius 1 is 0.804 bits per heavy atom. The molecule has 3 N–H and O–H groups in total. The van der Waals surface area contributed by atoms with Gasteiger partial charge in [0.25, 0.3) is 0 Å². The van der Waals surface area contributed by atoms with Crippen LogP contribution in [0, 0.1) is 22.7 Å². The highest BCUT2D eigenvalue weighted by atomic mass is 16.5. The molecule has 2 saturated carbocycles.